The predicted molar refractivity (Wildman–Crippen MR) is 136 cm³/mol. The van der Waals surface area contributed by atoms with Crippen LogP contribution in [0.3, 0.4) is 0 Å². The summed E-state index contributed by atoms with van der Waals surface area (Å²) in [5, 5.41) is 2.38. The van der Waals surface area contributed by atoms with E-state index in [2.05, 4.69) is 32.0 Å². The van der Waals surface area contributed by atoms with Crippen molar-refractivity contribution in [3.05, 3.63) is 71.1 Å². The van der Waals surface area contributed by atoms with Crippen molar-refractivity contribution in [3.8, 4) is 23.0 Å². The standard InChI is InChI=1S/C28H24F4N4O3/c1-17-12-22(29)24(35-27(37)18-4-6-33-26(14-18)28(30,31)32)15-21(17)19-13-25(36-7-10-38-11-8-36)23(34-16-19)3-2-20-5-9-39-20/h4,6,12-16,20H,5,7-11H2,1H3,(H,35,37). The molecule has 39 heavy (non-hydrogen) atoms. The molecule has 2 aliphatic rings. The zero-order valence-electron chi connectivity index (χ0n) is 20.9. The maximum absolute atomic E-state index is 14.9. The molecule has 0 bridgehead atoms. The van der Waals surface area contributed by atoms with Gasteiger partial charge in [0.15, 0.2) is 0 Å². The van der Waals surface area contributed by atoms with Crippen LogP contribution < -0.4 is 10.2 Å². The third-order valence-corrected chi connectivity index (χ3v) is 6.46. The van der Waals surface area contributed by atoms with Crippen LogP contribution in [0.25, 0.3) is 11.1 Å². The summed E-state index contributed by atoms with van der Waals surface area (Å²) in [4.78, 5) is 22.7. The number of nitrogens with one attached hydrogen (secondary N) is 1. The molecule has 0 saturated carbocycles. The summed E-state index contributed by atoms with van der Waals surface area (Å²) < 4.78 is 64.8. The molecule has 1 N–H and O–H groups in total. The van der Waals surface area contributed by atoms with E-state index in [1.54, 1.807) is 13.1 Å². The molecule has 0 radical (unpaired) electrons. The van der Waals surface area contributed by atoms with E-state index in [0.29, 0.717) is 61.4 Å². The van der Waals surface area contributed by atoms with Gasteiger partial charge < -0.3 is 19.7 Å². The van der Waals surface area contributed by atoms with Crippen LogP contribution in [0.4, 0.5) is 28.9 Å². The molecule has 2 aromatic heterocycles. The smallest absolute Gasteiger partial charge is 0.378 e. The summed E-state index contributed by atoms with van der Waals surface area (Å²) in [6.07, 6.45) is -1.44. The Morgan fingerprint density at radius 3 is 2.59 bits per heavy atom. The molecule has 202 valence electrons. The molecule has 7 nitrogen and oxygen atoms in total. The lowest BCUT2D eigenvalue weighted by atomic mass is 9.99. The van der Waals surface area contributed by atoms with Crippen LogP contribution in [-0.2, 0) is 15.7 Å². The van der Waals surface area contributed by atoms with Gasteiger partial charge in [-0.2, -0.15) is 13.2 Å². The number of ether oxygens (including phenoxy) is 2. The Balaban J connectivity index is 1.47. The molecule has 0 spiro atoms. The van der Waals surface area contributed by atoms with Gasteiger partial charge in [-0.3, -0.25) is 9.78 Å². The number of morpholine rings is 1. The highest BCUT2D eigenvalue weighted by Crippen LogP contribution is 2.33. The minimum Gasteiger partial charge on any atom is -0.378 e. The molecular formula is C28H24F4N4O3. The number of carbonyl (C=O) groups excluding carboxylic acids is 1. The van der Waals surface area contributed by atoms with Crippen molar-refractivity contribution in [2.45, 2.75) is 25.6 Å². The first-order chi connectivity index (χ1) is 18.7. The Morgan fingerprint density at radius 1 is 1.13 bits per heavy atom. The Morgan fingerprint density at radius 2 is 1.90 bits per heavy atom. The fraction of sp³-hybridized carbons (Fsp3) is 0.321. The van der Waals surface area contributed by atoms with E-state index >= 15 is 0 Å². The second kappa shape index (κ2) is 11.0. The number of carbonyl (C=O) groups is 1. The monoisotopic (exact) mass is 540 g/mol. The Kier molecular flexibility index (Phi) is 7.50. The number of rotatable bonds is 4. The maximum atomic E-state index is 14.9. The first kappa shape index (κ1) is 26.6. The number of alkyl halides is 3. The van der Waals surface area contributed by atoms with Gasteiger partial charge in [-0.05, 0) is 54.3 Å². The minimum atomic E-state index is -4.72. The maximum Gasteiger partial charge on any atom is 0.433 e. The van der Waals surface area contributed by atoms with E-state index in [9.17, 15) is 22.4 Å². The van der Waals surface area contributed by atoms with Gasteiger partial charge in [0.2, 0.25) is 0 Å². The van der Waals surface area contributed by atoms with Crippen LogP contribution in [0, 0.1) is 24.6 Å². The third-order valence-electron chi connectivity index (χ3n) is 6.46. The van der Waals surface area contributed by atoms with Crippen LogP contribution in [-0.4, -0.2) is 54.9 Å². The fourth-order valence-electron chi connectivity index (χ4n) is 4.24. The molecule has 3 aromatic rings. The van der Waals surface area contributed by atoms with Gasteiger partial charge in [0.1, 0.15) is 23.3 Å². The highest BCUT2D eigenvalue weighted by atomic mass is 19.4. The lowest BCUT2D eigenvalue weighted by molar-refractivity contribution is -0.141. The molecule has 11 heteroatoms. The summed E-state index contributed by atoms with van der Waals surface area (Å²) >= 11 is 0. The molecule has 1 amide bonds. The lowest BCUT2D eigenvalue weighted by Crippen LogP contribution is -2.36. The topological polar surface area (TPSA) is 76.6 Å². The van der Waals surface area contributed by atoms with Crippen molar-refractivity contribution in [2.24, 2.45) is 0 Å². The van der Waals surface area contributed by atoms with Crippen molar-refractivity contribution in [1.29, 1.82) is 0 Å². The number of benzene rings is 1. The van der Waals surface area contributed by atoms with Gasteiger partial charge in [0.25, 0.3) is 5.91 Å². The van der Waals surface area contributed by atoms with Gasteiger partial charge in [-0.15, -0.1) is 0 Å². The second-order valence-electron chi connectivity index (χ2n) is 9.14. The normalized spacial score (nSPS) is 17.2. The van der Waals surface area contributed by atoms with E-state index in [1.807, 2.05) is 6.07 Å². The number of amides is 1. The molecule has 2 fully saturated rings. The van der Waals surface area contributed by atoms with Crippen LogP contribution >= 0.6 is 0 Å². The highest BCUT2D eigenvalue weighted by Gasteiger charge is 2.33. The minimum absolute atomic E-state index is 0.109. The van der Waals surface area contributed by atoms with Gasteiger partial charge in [-0.1, -0.05) is 5.92 Å². The summed E-state index contributed by atoms with van der Waals surface area (Å²) in [7, 11) is 0. The molecule has 0 aliphatic carbocycles. The zero-order chi connectivity index (χ0) is 27.6. The van der Waals surface area contributed by atoms with Gasteiger partial charge in [-0.25, -0.2) is 9.37 Å². The molecule has 4 heterocycles. The average molecular weight is 541 g/mol. The molecular weight excluding hydrogens is 516 g/mol. The van der Waals surface area contributed by atoms with Crippen molar-refractivity contribution in [3.63, 3.8) is 0 Å². The van der Waals surface area contributed by atoms with E-state index in [0.717, 1.165) is 24.4 Å². The third kappa shape index (κ3) is 6.02. The van der Waals surface area contributed by atoms with Crippen molar-refractivity contribution in [1.82, 2.24) is 9.97 Å². The SMILES string of the molecule is Cc1cc(F)c(NC(=O)c2ccnc(C(F)(F)F)c2)cc1-c1cnc(C#CC2CCO2)c(N2CCOCC2)c1. The quantitative estimate of drug-likeness (QED) is 0.377. The Labute approximate surface area is 222 Å². The summed E-state index contributed by atoms with van der Waals surface area (Å²) in [5.41, 5.74) is 1.55. The number of hydrogen-bond acceptors (Lipinski definition) is 6. The number of anilines is 2. The van der Waals surface area contributed by atoms with E-state index in [4.69, 9.17) is 9.47 Å². The van der Waals surface area contributed by atoms with Gasteiger partial charge in [0, 0.05) is 43.0 Å². The van der Waals surface area contributed by atoms with E-state index in [-0.39, 0.29) is 17.4 Å². The Hall–Kier alpha value is -4.01. The zero-order valence-corrected chi connectivity index (χ0v) is 20.9. The van der Waals surface area contributed by atoms with Crippen LogP contribution in [0.2, 0.25) is 0 Å². The molecule has 1 aromatic carbocycles. The molecule has 1 unspecified atom stereocenters. The summed E-state index contributed by atoms with van der Waals surface area (Å²) in [6.45, 7) is 4.82. The van der Waals surface area contributed by atoms with Gasteiger partial charge in [0.05, 0.1) is 31.2 Å². The van der Waals surface area contributed by atoms with E-state index < -0.39 is 23.6 Å². The summed E-state index contributed by atoms with van der Waals surface area (Å²) in [6, 6.07) is 6.37. The summed E-state index contributed by atoms with van der Waals surface area (Å²) in [5.74, 6) is 4.58. The van der Waals surface area contributed by atoms with E-state index in [1.165, 1.54) is 12.1 Å². The molecule has 2 saturated heterocycles. The number of halogens is 4. The second-order valence-corrected chi connectivity index (χ2v) is 9.14. The molecule has 2 aliphatic heterocycles. The number of pyridine rings is 2. The van der Waals surface area contributed by atoms with Gasteiger partial charge >= 0.3 is 6.18 Å². The van der Waals surface area contributed by atoms with Crippen LogP contribution in [0.15, 0.2) is 42.7 Å². The number of nitrogens with zero attached hydrogens (tertiary/aromatic N) is 3. The number of aromatic nitrogens is 2. The fourth-order valence-corrected chi connectivity index (χ4v) is 4.24. The lowest BCUT2D eigenvalue weighted by Gasteiger charge is -2.30. The first-order valence-electron chi connectivity index (χ1n) is 12.3. The molecule has 1 atom stereocenters. The highest BCUT2D eigenvalue weighted by molar-refractivity contribution is 6.04. The molecule has 5 rings (SSSR count). The van der Waals surface area contributed by atoms with Crippen LogP contribution in [0.5, 0.6) is 0 Å². The van der Waals surface area contributed by atoms with Crippen LogP contribution in [0.1, 0.15) is 33.7 Å². The Bertz CT molecular complexity index is 1460. The van der Waals surface area contributed by atoms with Crippen molar-refractivity contribution >= 4 is 17.3 Å². The average Bonchev–Trinajstić information content (AvgIpc) is 2.89. The van der Waals surface area contributed by atoms with Crippen molar-refractivity contribution < 1.29 is 31.8 Å². The number of hydrogen-bond donors (Lipinski definition) is 1. The predicted octanol–water partition coefficient (Wildman–Crippen LogP) is 4.84. The first-order valence-corrected chi connectivity index (χ1v) is 12.3. The number of aryl methyl sites for hydroxylation is 1. The largest absolute Gasteiger partial charge is 0.433 e. The van der Waals surface area contributed by atoms with Crippen molar-refractivity contribution in [2.75, 3.05) is 43.1 Å².